The van der Waals surface area contributed by atoms with E-state index in [4.69, 9.17) is 10.5 Å². The van der Waals surface area contributed by atoms with Gasteiger partial charge in [0.05, 0.1) is 13.0 Å². The lowest BCUT2D eigenvalue weighted by atomic mass is 10.1. The van der Waals surface area contributed by atoms with Crippen molar-refractivity contribution in [3.63, 3.8) is 0 Å². The van der Waals surface area contributed by atoms with Crippen LogP contribution in [0.4, 0.5) is 0 Å². The van der Waals surface area contributed by atoms with Crippen molar-refractivity contribution in [2.24, 2.45) is 5.73 Å². The standard InChI is InChI=1S/C13H18N2O3/c1-2-18-12(16)7-8-15-9-10-3-5-11(6-4-10)13(14)17/h3-6,15H,2,7-9H2,1H3,(H2,14,17). The van der Waals surface area contributed by atoms with Crippen LogP contribution in [0.25, 0.3) is 0 Å². The minimum Gasteiger partial charge on any atom is -0.466 e. The zero-order chi connectivity index (χ0) is 13.4. The number of rotatable bonds is 7. The first-order chi connectivity index (χ1) is 8.63. The van der Waals surface area contributed by atoms with E-state index in [1.807, 2.05) is 12.1 Å². The molecule has 0 aliphatic heterocycles. The van der Waals surface area contributed by atoms with Crippen LogP contribution >= 0.6 is 0 Å². The van der Waals surface area contributed by atoms with Gasteiger partial charge >= 0.3 is 5.97 Å². The summed E-state index contributed by atoms with van der Waals surface area (Å²) in [6, 6.07) is 7.03. The van der Waals surface area contributed by atoms with Crippen molar-refractivity contribution >= 4 is 11.9 Å². The molecule has 5 nitrogen and oxygen atoms in total. The molecule has 5 heteroatoms. The number of nitrogens with two attached hydrogens (primary N) is 1. The SMILES string of the molecule is CCOC(=O)CCNCc1ccc(C(N)=O)cc1. The van der Waals surface area contributed by atoms with E-state index in [0.717, 1.165) is 5.56 Å². The van der Waals surface area contributed by atoms with Gasteiger partial charge in [0.2, 0.25) is 5.91 Å². The van der Waals surface area contributed by atoms with Crippen LogP contribution < -0.4 is 11.1 Å². The number of nitrogens with one attached hydrogen (secondary N) is 1. The second kappa shape index (κ2) is 7.45. The van der Waals surface area contributed by atoms with Gasteiger partial charge in [-0.1, -0.05) is 12.1 Å². The van der Waals surface area contributed by atoms with Crippen LogP contribution in [0.3, 0.4) is 0 Å². The Hall–Kier alpha value is -1.88. The van der Waals surface area contributed by atoms with E-state index in [9.17, 15) is 9.59 Å². The van der Waals surface area contributed by atoms with Gasteiger partial charge in [-0.15, -0.1) is 0 Å². The molecule has 0 unspecified atom stereocenters. The number of hydrogen-bond acceptors (Lipinski definition) is 4. The Morgan fingerprint density at radius 2 is 1.94 bits per heavy atom. The van der Waals surface area contributed by atoms with Crippen LogP contribution in [-0.2, 0) is 16.1 Å². The predicted molar refractivity (Wildman–Crippen MR) is 67.9 cm³/mol. The van der Waals surface area contributed by atoms with Gasteiger partial charge in [-0.3, -0.25) is 9.59 Å². The maximum atomic E-state index is 11.1. The monoisotopic (exact) mass is 250 g/mol. The van der Waals surface area contributed by atoms with E-state index in [1.54, 1.807) is 19.1 Å². The van der Waals surface area contributed by atoms with Crippen LogP contribution in [-0.4, -0.2) is 25.0 Å². The summed E-state index contributed by atoms with van der Waals surface area (Å²) in [5.74, 6) is -0.633. The van der Waals surface area contributed by atoms with Crippen LogP contribution in [0.1, 0.15) is 29.3 Å². The maximum Gasteiger partial charge on any atom is 0.307 e. The van der Waals surface area contributed by atoms with Gasteiger partial charge in [0.1, 0.15) is 0 Å². The third-order valence-corrected chi connectivity index (χ3v) is 2.38. The highest BCUT2D eigenvalue weighted by Gasteiger charge is 2.01. The topological polar surface area (TPSA) is 81.4 Å². The molecule has 0 atom stereocenters. The predicted octanol–water partition coefficient (Wildman–Crippen LogP) is 0.828. The van der Waals surface area contributed by atoms with Crippen LogP contribution in [0.2, 0.25) is 0 Å². The smallest absolute Gasteiger partial charge is 0.307 e. The van der Waals surface area contributed by atoms with Crippen LogP contribution in [0, 0.1) is 0 Å². The van der Waals surface area contributed by atoms with Gasteiger partial charge in [-0.2, -0.15) is 0 Å². The number of esters is 1. The third-order valence-electron chi connectivity index (χ3n) is 2.38. The van der Waals surface area contributed by atoms with Gasteiger partial charge < -0.3 is 15.8 Å². The lowest BCUT2D eigenvalue weighted by Crippen LogP contribution is -2.19. The van der Waals surface area contributed by atoms with Gasteiger partial charge in [-0.05, 0) is 24.6 Å². The van der Waals surface area contributed by atoms with Gasteiger partial charge in [0.25, 0.3) is 0 Å². The van der Waals surface area contributed by atoms with Gasteiger partial charge in [0, 0.05) is 18.7 Å². The molecule has 98 valence electrons. The fourth-order valence-electron chi connectivity index (χ4n) is 1.44. The molecule has 18 heavy (non-hydrogen) atoms. The molecule has 1 rings (SSSR count). The number of benzene rings is 1. The highest BCUT2D eigenvalue weighted by molar-refractivity contribution is 5.92. The molecule has 0 bridgehead atoms. The van der Waals surface area contributed by atoms with Crippen molar-refractivity contribution in [3.8, 4) is 0 Å². The number of hydrogen-bond donors (Lipinski definition) is 2. The van der Waals surface area contributed by atoms with Gasteiger partial charge in [0.15, 0.2) is 0 Å². The maximum absolute atomic E-state index is 11.1. The summed E-state index contributed by atoms with van der Waals surface area (Å²) >= 11 is 0. The number of carbonyl (C=O) groups excluding carboxylic acids is 2. The lowest BCUT2D eigenvalue weighted by Gasteiger charge is -2.05. The van der Waals surface area contributed by atoms with Crippen molar-refractivity contribution < 1.29 is 14.3 Å². The van der Waals surface area contributed by atoms with E-state index in [2.05, 4.69) is 5.32 Å². The van der Waals surface area contributed by atoms with E-state index in [-0.39, 0.29) is 5.97 Å². The molecule has 0 heterocycles. The summed E-state index contributed by atoms with van der Waals surface area (Å²) in [5, 5.41) is 3.12. The lowest BCUT2D eigenvalue weighted by molar-refractivity contribution is -0.142. The zero-order valence-electron chi connectivity index (χ0n) is 10.4. The second-order valence-electron chi connectivity index (χ2n) is 3.79. The normalized spacial score (nSPS) is 10.1. The summed E-state index contributed by atoms with van der Waals surface area (Å²) in [6.07, 6.45) is 0.354. The van der Waals surface area contributed by atoms with Crippen LogP contribution in [0.15, 0.2) is 24.3 Å². The fraction of sp³-hybridized carbons (Fsp3) is 0.385. The molecule has 0 saturated carbocycles. The second-order valence-corrected chi connectivity index (χ2v) is 3.79. The Morgan fingerprint density at radius 1 is 1.28 bits per heavy atom. The zero-order valence-corrected chi connectivity index (χ0v) is 10.4. The molecule has 1 aromatic rings. The minimum atomic E-state index is -0.433. The molecule has 1 amide bonds. The van der Waals surface area contributed by atoms with Crippen molar-refractivity contribution in [1.82, 2.24) is 5.32 Å². The molecule has 0 fully saturated rings. The number of amides is 1. The average Bonchev–Trinajstić information content (AvgIpc) is 2.35. The summed E-state index contributed by atoms with van der Waals surface area (Å²) < 4.78 is 4.81. The molecule has 0 radical (unpaired) electrons. The van der Waals surface area contributed by atoms with Gasteiger partial charge in [-0.25, -0.2) is 0 Å². The van der Waals surface area contributed by atoms with Crippen LogP contribution in [0.5, 0.6) is 0 Å². The molecule has 3 N–H and O–H groups in total. The summed E-state index contributed by atoms with van der Waals surface area (Å²) in [6.45, 7) is 3.40. The average molecular weight is 250 g/mol. The van der Waals surface area contributed by atoms with Crippen molar-refractivity contribution in [1.29, 1.82) is 0 Å². The molecule has 0 saturated heterocycles. The molecular formula is C13H18N2O3. The Morgan fingerprint density at radius 3 is 2.50 bits per heavy atom. The molecule has 0 aliphatic rings. The number of ether oxygens (including phenoxy) is 1. The summed E-state index contributed by atoms with van der Waals surface area (Å²) in [4.78, 5) is 21.9. The number of carbonyl (C=O) groups is 2. The van der Waals surface area contributed by atoms with E-state index < -0.39 is 5.91 Å². The molecular weight excluding hydrogens is 232 g/mol. The van der Waals surface area contributed by atoms with Crippen molar-refractivity contribution in [3.05, 3.63) is 35.4 Å². The fourth-order valence-corrected chi connectivity index (χ4v) is 1.44. The Balaban J connectivity index is 2.27. The first kappa shape index (κ1) is 14.2. The summed E-state index contributed by atoms with van der Waals surface area (Å²) in [5.41, 5.74) is 6.66. The highest BCUT2D eigenvalue weighted by Crippen LogP contribution is 2.03. The minimum absolute atomic E-state index is 0.200. The molecule has 0 aromatic heterocycles. The Labute approximate surface area is 106 Å². The Kier molecular flexibility index (Phi) is 5.87. The molecule has 0 spiro atoms. The van der Waals surface area contributed by atoms with E-state index >= 15 is 0 Å². The molecule has 1 aromatic carbocycles. The van der Waals surface area contributed by atoms with E-state index in [1.165, 1.54) is 0 Å². The summed E-state index contributed by atoms with van der Waals surface area (Å²) in [7, 11) is 0. The first-order valence-corrected chi connectivity index (χ1v) is 5.88. The van der Waals surface area contributed by atoms with E-state index in [0.29, 0.717) is 31.7 Å². The largest absolute Gasteiger partial charge is 0.466 e. The highest BCUT2D eigenvalue weighted by atomic mass is 16.5. The quantitative estimate of drug-likeness (QED) is 0.554. The third kappa shape index (κ3) is 4.97. The molecule has 0 aliphatic carbocycles. The van der Waals surface area contributed by atoms with Crippen molar-refractivity contribution in [2.75, 3.05) is 13.2 Å². The Bertz CT molecular complexity index is 401. The first-order valence-electron chi connectivity index (χ1n) is 5.88. The van der Waals surface area contributed by atoms with Crippen molar-refractivity contribution in [2.45, 2.75) is 19.9 Å². The number of primary amides is 1.